The smallest absolute Gasteiger partial charge is 0.269 e. The van der Waals surface area contributed by atoms with Crippen LogP contribution < -0.4 is 0 Å². The Balaban J connectivity index is 2.43. The number of thioether (sulfide) groups is 1. The molecule has 0 spiro atoms. The molecular weight excluding hydrogens is 288 g/mol. The summed E-state index contributed by atoms with van der Waals surface area (Å²) in [5.74, 6) is 0.272. The number of nitrogens with zero attached hydrogens (tertiary/aromatic N) is 4. The molecule has 3 amide bonds. The zero-order valence-electron chi connectivity index (χ0n) is 12.9. The number of fused-ring (bicyclic) bond motifs is 1. The summed E-state index contributed by atoms with van der Waals surface area (Å²) in [4.78, 5) is 31.6. The fraction of sp³-hybridized carbons (Fsp3) is 0.571. The van der Waals surface area contributed by atoms with E-state index in [9.17, 15) is 9.59 Å². The normalized spacial score (nSPS) is 23.4. The Morgan fingerprint density at radius 2 is 2.10 bits per heavy atom. The third kappa shape index (κ3) is 2.62. The third-order valence-electron chi connectivity index (χ3n) is 3.70. The van der Waals surface area contributed by atoms with Gasteiger partial charge in [0, 0.05) is 19.3 Å². The van der Waals surface area contributed by atoms with Crippen LogP contribution in [0.3, 0.4) is 0 Å². The van der Waals surface area contributed by atoms with Crippen LogP contribution in [0.25, 0.3) is 0 Å². The minimum atomic E-state index is -0.526. The Morgan fingerprint density at radius 3 is 2.67 bits per heavy atom. The van der Waals surface area contributed by atoms with E-state index in [0.717, 1.165) is 16.5 Å². The van der Waals surface area contributed by atoms with Gasteiger partial charge in [0.05, 0.1) is 0 Å². The van der Waals surface area contributed by atoms with Gasteiger partial charge in [-0.1, -0.05) is 26.5 Å². The van der Waals surface area contributed by atoms with Crippen molar-refractivity contribution in [3.05, 3.63) is 12.7 Å². The number of rotatable bonds is 4. The minimum Gasteiger partial charge on any atom is -0.269 e. The van der Waals surface area contributed by atoms with E-state index in [-0.39, 0.29) is 11.9 Å². The maximum atomic E-state index is 12.4. The van der Waals surface area contributed by atoms with Crippen molar-refractivity contribution in [3.63, 3.8) is 0 Å². The first-order valence-corrected chi connectivity index (χ1v) is 7.85. The van der Waals surface area contributed by atoms with Gasteiger partial charge < -0.3 is 0 Å². The summed E-state index contributed by atoms with van der Waals surface area (Å²) < 4.78 is 1.92. The summed E-state index contributed by atoms with van der Waals surface area (Å²) in [5, 5.41) is 1.18. The number of amides is 3. The number of carbonyl (C=O) groups is 2. The van der Waals surface area contributed by atoms with Crippen molar-refractivity contribution in [1.29, 1.82) is 0 Å². The highest BCUT2D eigenvalue weighted by atomic mass is 32.2. The molecule has 0 aromatic rings. The van der Waals surface area contributed by atoms with Crippen molar-refractivity contribution in [2.24, 2.45) is 4.99 Å². The van der Waals surface area contributed by atoms with Gasteiger partial charge in [0.1, 0.15) is 6.54 Å². The quantitative estimate of drug-likeness (QED) is 0.582. The number of aliphatic imine (C=N–C) groups is 1. The number of amidine groups is 2. The van der Waals surface area contributed by atoms with Gasteiger partial charge in [-0.15, -0.1) is 0 Å². The van der Waals surface area contributed by atoms with E-state index in [2.05, 4.69) is 25.4 Å². The molecule has 2 aliphatic rings. The lowest BCUT2D eigenvalue weighted by Gasteiger charge is -2.30. The summed E-state index contributed by atoms with van der Waals surface area (Å²) in [7, 11) is 3.16. The lowest BCUT2D eigenvalue weighted by Crippen LogP contribution is -2.61. The van der Waals surface area contributed by atoms with Crippen LogP contribution in [0.4, 0.5) is 4.79 Å². The first-order chi connectivity index (χ1) is 9.92. The van der Waals surface area contributed by atoms with Crippen molar-refractivity contribution in [2.45, 2.75) is 31.6 Å². The molecule has 1 fully saturated rings. The molecule has 0 N–H and O–H groups in total. The van der Waals surface area contributed by atoms with E-state index in [0.29, 0.717) is 17.6 Å². The minimum absolute atomic E-state index is 0.238. The third-order valence-corrected chi connectivity index (χ3v) is 4.97. The average molecular weight is 309 g/mol. The monoisotopic (exact) mass is 309 g/mol. The van der Waals surface area contributed by atoms with Gasteiger partial charge in [0.2, 0.25) is 0 Å². The predicted octanol–water partition coefficient (Wildman–Crippen LogP) is 1.38. The van der Waals surface area contributed by atoms with E-state index < -0.39 is 6.04 Å². The molecule has 114 valence electrons. The highest BCUT2D eigenvalue weighted by Gasteiger charge is 2.52. The molecular formula is C14H21N4O2S+. The summed E-state index contributed by atoms with van der Waals surface area (Å²) in [6.45, 7) is 8.51. The van der Waals surface area contributed by atoms with Gasteiger partial charge in [-0.2, -0.15) is 0 Å². The first-order valence-electron chi connectivity index (χ1n) is 6.97. The molecule has 2 atom stereocenters. The van der Waals surface area contributed by atoms with Crippen molar-refractivity contribution < 1.29 is 14.2 Å². The Labute approximate surface area is 129 Å². The zero-order chi connectivity index (χ0) is 15.7. The Bertz CT molecular complexity index is 555. The fourth-order valence-corrected chi connectivity index (χ4v) is 3.24. The maximum Gasteiger partial charge on any atom is 0.358 e. The van der Waals surface area contributed by atoms with E-state index in [1.807, 2.05) is 4.58 Å². The molecule has 0 aromatic carbocycles. The van der Waals surface area contributed by atoms with Gasteiger partial charge in [0.25, 0.3) is 17.8 Å². The molecule has 21 heavy (non-hydrogen) atoms. The standard InChI is InChI=1S/C14H21N4O2S/c1-6-8-18-10-11(15-13(18)21-9(3)7-2)16(4)14(20)17(5)12(10)19/h6,9-10H,1,7-8H2,2-5H3/q+1. The van der Waals surface area contributed by atoms with E-state index in [4.69, 9.17) is 0 Å². The molecule has 0 saturated carbocycles. The second-order valence-electron chi connectivity index (χ2n) is 5.17. The number of urea groups is 1. The van der Waals surface area contributed by atoms with Crippen LogP contribution in [-0.2, 0) is 4.79 Å². The van der Waals surface area contributed by atoms with Gasteiger partial charge in [-0.25, -0.2) is 9.37 Å². The second kappa shape index (κ2) is 6.01. The summed E-state index contributed by atoms with van der Waals surface area (Å²) in [6, 6.07) is -0.870. The lowest BCUT2D eigenvalue weighted by molar-refractivity contribution is -0.522. The van der Waals surface area contributed by atoms with Crippen LogP contribution in [0.2, 0.25) is 0 Å². The molecule has 2 rings (SSSR count). The SMILES string of the molecule is C=CC[N+]1=C(SC(C)CC)N=C2C1C(=O)N(C)C(=O)N2C. The van der Waals surface area contributed by atoms with Crippen molar-refractivity contribution in [3.8, 4) is 0 Å². The van der Waals surface area contributed by atoms with Crippen LogP contribution in [0.15, 0.2) is 17.6 Å². The number of carbonyl (C=O) groups excluding carboxylic acids is 2. The lowest BCUT2D eigenvalue weighted by atomic mass is 10.1. The fourth-order valence-electron chi connectivity index (χ4n) is 2.26. The topological polar surface area (TPSA) is 56.0 Å². The largest absolute Gasteiger partial charge is 0.358 e. The average Bonchev–Trinajstić information content (AvgIpc) is 2.82. The van der Waals surface area contributed by atoms with Crippen molar-refractivity contribution in [1.82, 2.24) is 9.80 Å². The highest BCUT2D eigenvalue weighted by molar-refractivity contribution is 8.14. The van der Waals surface area contributed by atoms with Crippen molar-refractivity contribution >= 4 is 34.7 Å². The van der Waals surface area contributed by atoms with Crippen LogP contribution in [0.5, 0.6) is 0 Å². The molecule has 1 saturated heterocycles. The molecule has 6 nitrogen and oxygen atoms in total. The molecule has 2 aliphatic heterocycles. The molecule has 0 bridgehead atoms. The van der Waals surface area contributed by atoms with Gasteiger partial charge >= 0.3 is 11.2 Å². The number of hydrogen-bond donors (Lipinski definition) is 0. The van der Waals surface area contributed by atoms with Crippen LogP contribution in [-0.4, -0.2) is 69.2 Å². The molecule has 0 aromatic heterocycles. The maximum absolute atomic E-state index is 12.4. The Morgan fingerprint density at radius 1 is 1.43 bits per heavy atom. The second-order valence-corrected chi connectivity index (χ2v) is 6.58. The van der Waals surface area contributed by atoms with Crippen LogP contribution in [0, 0.1) is 0 Å². The van der Waals surface area contributed by atoms with Gasteiger partial charge in [-0.3, -0.25) is 14.6 Å². The Hall–Kier alpha value is -1.63. The van der Waals surface area contributed by atoms with Gasteiger partial charge in [-0.05, 0) is 23.2 Å². The number of hydrogen-bond acceptors (Lipinski definition) is 4. The molecule has 0 aliphatic carbocycles. The molecule has 0 radical (unpaired) electrons. The zero-order valence-corrected chi connectivity index (χ0v) is 13.7. The Kier molecular flexibility index (Phi) is 4.51. The van der Waals surface area contributed by atoms with Crippen LogP contribution in [0.1, 0.15) is 20.3 Å². The van der Waals surface area contributed by atoms with E-state index >= 15 is 0 Å². The highest BCUT2D eigenvalue weighted by Crippen LogP contribution is 2.25. The van der Waals surface area contributed by atoms with E-state index in [1.54, 1.807) is 24.9 Å². The van der Waals surface area contributed by atoms with E-state index in [1.165, 1.54) is 11.9 Å². The van der Waals surface area contributed by atoms with Crippen molar-refractivity contribution in [2.75, 3.05) is 20.6 Å². The van der Waals surface area contributed by atoms with Crippen LogP contribution >= 0.6 is 11.8 Å². The molecule has 2 unspecified atom stereocenters. The predicted molar refractivity (Wildman–Crippen MR) is 84.8 cm³/mol. The first kappa shape index (κ1) is 15.8. The summed E-state index contributed by atoms with van der Waals surface area (Å²) in [6.07, 6.45) is 2.76. The number of imide groups is 1. The van der Waals surface area contributed by atoms with Gasteiger partial charge in [0.15, 0.2) is 0 Å². The summed E-state index contributed by atoms with van der Waals surface area (Å²) in [5.41, 5.74) is 0. The molecule has 7 heteroatoms. The number of likely N-dealkylation sites (N-methyl/N-ethyl adjacent to an activating group) is 2. The summed E-state index contributed by atoms with van der Waals surface area (Å²) >= 11 is 1.63. The molecule has 2 heterocycles.